The molecule has 2 aliphatic rings. The molecule has 0 bridgehead atoms. The molecule has 2 atom stereocenters. The lowest BCUT2D eigenvalue weighted by molar-refractivity contribution is -0.141. The fraction of sp³-hybridized carbons (Fsp3) is 0.438. The number of aromatic nitrogens is 1. The van der Waals surface area contributed by atoms with E-state index in [1.807, 2.05) is 0 Å². The van der Waals surface area contributed by atoms with Gasteiger partial charge < -0.3 is 31.8 Å². The molecule has 20 heteroatoms. The third-order valence-electron chi connectivity index (χ3n) is 4.85. The zero-order valence-electron chi connectivity index (χ0n) is 18.6. The number of rotatable bonds is 9. The van der Waals surface area contributed by atoms with Crippen LogP contribution in [-0.4, -0.2) is 104 Å². The van der Waals surface area contributed by atoms with Crippen LogP contribution in [-0.2, 0) is 29.4 Å². The Bertz CT molecular complexity index is 1220. The largest absolute Gasteiger partial charge is 0.398 e. The fourth-order valence-corrected chi connectivity index (χ4v) is 4.54. The molecule has 0 aliphatic carbocycles. The number of imide groups is 1. The molecule has 1 aromatic heterocycles. The number of anilines is 1. The van der Waals surface area contributed by atoms with Gasteiger partial charge in [-0.1, -0.05) is 5.16 Å². The van der Waals surface area contributed by atoms with Crippen LogP contribution in [0.15, 0.2) is 10.5 Å². The quantitative estimate of drug-likeness (QED) is 0.0983. The smallest absolute Gasteiger partial charge is 0.339 e. The van der Waals surface area contributed by atoms with Gasteiger partial charge in [-0.25, -0.2) is 24.0 Å². The van der Waals surface area contributed by atoms with Crippen LogP contribution in [0.1, 0.15) is 5.69 Å². The number of hydrogen-bond donors (Lipinski definition) is 6. The minimum atomic E-state index is -4.74. The van der Waals surface area contributed by atoms with E-state index in [1.54, 1.807) is 4.72 Å². The Morgan fingerprint density at radius 1 is 1.33 bits per heavy atom. The summed E-state index contributed by atoms with van der Waals surface area (Å²) in [5.74, 6) is -2.85. The first-order valence-corrected chi connectivity index (χ1v) is 12.4. The summed E-state index contributed by atoms with van der Waals surface area (Å²) in [5, 5.41) is 9.88. The summed E-state index contributed by atoms with van der Waals surface area (Å²) in [7, 11) is -3.55. The maximum atomic E-state index is 12.5. The molecule has 2 fully saturated rings. The van der Waals surface area contributed by atoms with E-state index in [9.17, 15) is 32.4 Å². The first-order valence-electron chi connectivity index (χ1n) is 10.0. The third-order valence-corrected chi connectivity index (χ3v) is 6.44. The first-order chi connectivity index (χ1) is 17.0. The van der Waals surface area contributed by atoms with Gasteiger partial charge in [0.1, 0.15) is 24.9 Å². The Labute approximate surface area is 207 Å². The molecule has 7 amide bonds. The number of nitrogens with zero attached hydrogens (tertiary/aromatic N) is 4. The van der Waals surface area contributed by atoms with Crippen molar-refractivity contribution in [3.8, 4) is 0 Å². The Morgan fingerprint density at radius 3 is 2.64 bits per heavy atom. The van der Waals surface area contributed by atoms with E-state index in [0.29, 0.717) is 4.90 Å². The predicted molar refractivity (Wildman–Crippen MR) is 122 cm³/mol. The lowest BCUT2D eigenvalue weighted by Gasteiger charge is -2.36. The summed E-state index contributed by atoms with van der Waals surface area (Å²) in [4.78, 5) is 71.2. The highest BCUT2D eigenvalue weighted by molar-refractivity contribution is 7.88. The van der Waals surface area contributed by atoms with Gasteiger partial charge in [0.2, 0.25) is 0 Å². The Hall–Kier alpha value is -4.04. The van der Waals surface area contributed by atoms with Crippen molar-refractivity contribution in [3.63, 3.8) is 0 Å². The number of nitrogen functional groups attached to an aromatic ring is 1. The Morgan fingerprint density at radius 2 is 2.06 bits per heavy atom. The van der Waals surface area contributed by atoms with E-state index in [-0.39, 0.29) is 42.7 Å². The molecule has 36 heavy (non-hydrogen) atoms. The van der Waals surface area contributed by atoms with Crippen LogP contribution in [0.2, 0.25) is 0 Å². The van der Waals surface area contributed by atoms with Crippen molar-refractivity contribution in [1.29, 1.82) is 0 Å². The molecule has 0 aromatic carbocycles. The summed E-state index contributed by atoms with van der Waals surface area (Å²) in [6.07, 6.45) is 0. The number of nitrogens with two attached hydrogens (primary N) is 2. The van der Waals surface area contributed by atoms with Gasteiger partial charge in [0.15, 0.2) is 10.8 Å². The Kier molecular flexibility index (Phi) is 7.90. The molecule has 196 valence electrons. The van der Waals surface area contributed by atoms with E-state index in [1.165, 1.54) is 17.2 Å². The molecule has 3 rings (SSSR count). The first kappa shape index (κ1) is 26.6. The highest BCUT2D eigenvalue weighted by Gasteiger charge is 2.44. The van der Waals surface area contributed by atoms with Crippen molar-refractivity contribution < 1.29 is 37.2 Å². The summed E-state index contributed by atoms with van der Waals surface area (Å²) < 4.78 is 27.6. The van der Waals surface area contributed by atoms with Gasteiger partial charge in [-0.3, -0.25) is 19.3 Å². The van der Waals surface area contributed by atoms with Crippen LogP contribution in [0.5, 0.6) is 0 Å². The van der Waals surface area contributed by atoms with E-state index in [4.69, 9.17) is 11.5 Å². The number of nitrogens with one attached hydrogen (secondary N) is 4. The molecule has 2 aliphatic heterocycles. The van der Waals surface area contributed by atoms with Crippen molar-refractivity contribution >= 4 is 62.2 Å². The van der Waals surface area contributed by atoms with Gasteiger partial charge in [-0.2, -0.15) is 8.42 Å². The van der Waals surface area contributed by atoms with Crippen LogP contribution in [0.3, 0.4) is 0 Å². The van der Waals surface area contributed by atoms with Crippen molar-refractivity contribution in [1.82, 2.24) is 34.9 Å². The number of carbonyl (C=O) groups excluding carboxylic acids is 5. The number of carbonyl (C=O) groups is 5. The monoisotopic (exact) mass is 546 g/mol. The maximum Gasteiger partial charge on any atom is 0.339 e. The van der Waals surface area contributed by atoms with Crippen molar-refractivity contribution in [2.45, 2.75) is 12.1 Å². The molecule has 18 nitrogen and oxygen atoms in total. The van der Waals surface area contributed by atoms with E-state index in [0.717, 1.165) is 16.2 Å². The maximum absolute atomic E-state index is 12.5. The average molecular weight is 547 g/mol. The van der Waals surface area contributed by atoms with E-state index >= 15 is 0 Å². The van der Waals surface area contributed by atoms with Gasteiger partial charge >= 0.3 is 22.3 Å². The molecule has 1 aromatic rings. The number of oxime groups is 1. The van der Waals surface area contributed by atoms with Crippen LogP contribution in [0.4, 0.5) is 14.7 Å². The number of hydrogen-bond acceptors (Lipinski definition) is 13. The van der Waals surface area contributed by atoms with Gasteiger partial charge in [-0.15, -0.1) is 11.3 Å². The van der Waals surface area contributed by atoms with Crippen molar-refractivity contribution in [2.75, 3.05) is 39.0 Å². The predicted octanol–water partition coefficient (Wildman–Crippen LogP) is -4.17. The summed E-state index contributed by atoms with van der Waals surface area (Å²) in [5.41, 5.74) is 10.8. The highest BCUT2D eigenvalue weighted by Crippen LogP contribution is 2.15. The lowest BCUT2D eigenvalue weighted by Crippen LogP contribution is -2.68. The zero-order chi connectivity index (χ0) is 26.6. The SMILES string of the molecule is CON=C(C(=O)N[C@H]1CN(C(=O)NS(=O)(=O)NC(=O)C2CNC(=O)N2CCN)C1=O)c1csc(N)n1. The molecule has 0 saturated carbocycles. The molecule has 1 unspecified atom stereocenters. The minimum absolute atomic E-state index is 0.00161. The average Bonchev–Trinajstić information content (AvgIpc) is 3.39. The number of β-lactam (4-membered cyclic amide) rings is 1. The number of urea groups is 2. The van der Waals surface area contributed by atoms with E-state index < -0.39 is 52.1 Å². The molecular weight excluding hydrogens is 524 g/mol. The molecule has 0 spiro atoms. The van der Waals surface area contributed by atoms with Crippen LogP contribution in [0, 0.1) is 0 Å². The van der Waals surface area contributed by atoms with E-state index in [2.05, 4.69) is 25.6 Å². The van der Waals surface area contributed by atoms with Gasteiger partial charge in [-0.05, 0) is 0 Å². The van der Waals surface area contributed by atoms with Gasteiger partial charge in [0.05, 0.1) is 6.54 Å². The molecule has 8 N–H and O–H groups in total. The second-order valence-corrected chi connectivity index (χ2v) is 9.53. The van der Waals surface area contributed by atoms with Crippen LogP contribution >= 0.6 is 11.3 Å². The topological polar surface area (TPSA) is 261 Å². The number of amides is 7. The van der Waals surface area contributed by atoms with Crippen molar-refractivity contribution in [3.05, 3.63) is 11.1 Å². The number of likely N-dealkylation sites (tertiary alicyclic amines) is 1. The second kappa shape index (κ2) is 10.7. The third kappa shape index (κ3) is 5.78. The summed E-state index contributed by atoms with van der Waals surface area (Å²) in [6.45, 7) is -0.503. The standard InChI is InChI=1S/C16H22N10O8S2/c1-34-22-10(8-6-35-14(18)21-8)12(28)20-7-5-26(13(7)29)16(31)24-36(32,33)23-11(27)9-4-19-15(30)25(9)3-2-17/h6-7,9H,2-5,17H2,1H3,(H2,18,21)(H,19,30)(H,20,28)(H,23,27)(H,24,31)/t7-,9?/m0/s1. The van der Waals surface area contributed by atoms with Crippen LogP contribution < -0.4 is 31.5 Å². The molecular formula is C16H22N10O8S2. The normalized spacial score (nSPS) is 19.9. The minimum Gasteiger partial charge on any atom is -0.398 e. The summed E-state index contributed by atoms with van der Waals surface area (Å²) in [6, 6.07) is -4.30. The Balaban J connectivity index is 1.55. The molecule has 3 heterocycles. The fourth-order valence-electron chi connectivity index (χ4n) is 3.20. The lowest BCUT2D eigenvalue weighted by atomic mass is 10.1. The van der Waals surface area contributed by atoms with Gasteiger partial charge in [0, 0.05) is 25.0 Å². The zero-order valence-corrected chi connectivity index (χ0v) is 20.2. The highest BCUT2D eigenvalue weighted by atomic mass is 32.2. The molecule has 0 radical (unpaired) electrons. The number of thiazole rings is 1. The summed E-state index contributed by atoms with van der Waals surface area (Å²) >= 11 is 1.05. The van der Waals surface area contributed by atoms with Crippen LogP contribution in [0.25, 0.3) is 0 Å². The molecule has 2 saturated heterocycles. The van der Waals surface area contributed by atoms with Gasteiger partial charge in [0.25, 0.3) is 17.7 Å². The van der Waals surface area contributed by atoms with Crippen molar-refractivity contribution in [2.24, 2.45) is 10.9 Å². The second-order valence-electron chi connectivity index (χ2n) is 7.23.